The fourth-order valence-electron chi connectivity index (χ4n) is 4.19. The van der Waals surface area contributed by atoms with Crippen molar-refractivity contribution in [3.8, 4) is 0 Å². The number of piperazine rings is 1. The van der Waals surface area contributed by atoms with Crippen LogP contribution in [0, 0.1) is 11.3 Å². The molecule has 0 aromatic heterocycles. The summed E-state index contributed by atoms with van der Waals surface area (Å²) in [7, 11) is 2.21. The van der Waals surface area contributed by atoms with Gasteiger partial charge in [-0.25, -0.2) is 0 Å². The van der Waals surface area contributed by atoms with Gasteiger partial charge >= 0.3 is 0 Å². The molecule has 2 N–H and O–H groups in total. The lowest BCUT2D eigenvalue weighted by Crippen LogP contribution is -2.52. The molecule has 2 fully saturated rings. The minimum Gasteiger partial charge on any atom is -0.357 e. The van der Waals surface area contributed by atoms with Gasteiger partial charge in [0.05, 0.1) is 0 Å². The minimum absolute atomic E-state index is 0.472. The third-order valence-electron chi connectivity index (χ3n) is 5.90. The molecule has 0 aromatic rings. The van der Waals surface area contributed by atoms with Crippen LogP contribution in [0.15, 0.2) is 4.99 Å². The Morgan fingerprint density at radius 3 is 2.28 bits per heavy atom. The van der Waals surface area contributed by atoms with Crippen LogP contribution in [0.25, 0.3) is 0 Å². The van der Waals surface area contributed by atoms with E-state index in [2.05, 4.69) is 55.2 Å². The lowest BCUT2D eigenvalue weighted by atomic mass is 9.64. The van der Waals surface area contributed by atoms with Crippen LogP contribution in [-0.4, -0.2) is 74.7 Å². The summed E-state index contributed by atoms with van der Waals surface area (Å²) in [5.74, 6) is 1.77. The second-order valence-electron chi connectivity index (χ2n) is 8.72. The van der Waals surface area contributed by atoms with Gasteiger partial charge in [-0.2, -0.15) is 0 Å². The fraction of sp³-hybridized carbons (Fsp3) is 0.950. The van der Waals surface area contributed by atoms with Crippen molar-refractivity contribution in [2.45, 2.75) is 59.4 Å². The van der Waals surface area contributed by atoms with E-state index in [0.717, 1.165) is 31.5 Å². The fourth-order valence-corrected chi connectivity index (χ4v) is 4.19. The lowest BCUT2D eigenvalue weighted by Gasteiger charge is -2.42. The van der Waals surface area contributed by atoms with Crippen LogP contribution >= 0.6 is 0 Å². The number of rotatable bonds is 8. The van der Waals surface area contributed by atoms with Gasteiger partial charge in [0.15, 0.2) is 5.96 Å². The second kappa shape index (κ2) is 9.77. The number of nitrogens with one attached hydrogen (secondary N) is 2. The molecule has 1 atom stereocenters. The molecule has 0 aromatic carbocycles. The van der Waals surface area contributed by atoms with Gasteiger partial charge in [0.25, 0.3) is 0 Å². The molecule has 1 unspecified atom stereocenters. The maximum Gasteiger partial charge on any atom is 0.191 e. The number of hydrogen-bond acceptors (Lipinski definition) is 3. The summed E-state index contributed by atoms with van der Waals surface area (Å²) in [5.41, 5.74) is 0.472. The van der Waals surface area contributed by atoms with E-state index >= 15 is 0 Å². The van der Waals surface area contributed by atoms with Gasteiger partial charge in [-0.15, -0.1) is 0 Å². The van der Waals surface area contributed by atoms with Gasteiger partial charge < -0.3 is 15.5 Å². The molecule has 1 saturated heterocycles. The van der Waals surface area contributed by atoms with E-state index in [4.69, 9.17) is 4.99 Å². The molecule has 1 heterocycles. The molecule has 0 spiro atoms. The van der Waals surface area contributed by atoms with Gasteiger partial charge in [-0.1, -0.05) is 20.3 Å². The van der Waals surface area contributed by atoms with E-state index in [1.54, 1.807) is 0 Å². The minimum atomic E-state index is 0.472. The average Bonchev–Trinajstić information content (AvgIpc) is 2.54. The van der Waals surface area contributed by atoms with Gasteiger partial charge in [0.2, 0.25) is 0 Å². The quantitative estimate of drug-likeness (QED) is 0.520. The van der Waals surface area contributed by atoms with E-state index in [1.165, 1.54) is 51.9 Å². The van der Waals surface area contributed by atoms with Crippen molar-refractivity contribution in [1.82, 2.24) is 20.4 Å². The largest absolute Gasteiger partial charge is 0.357 e. The summed E-state index contributed by atoms with van der Waals surface area (Å²) in [6, 6.07) is 0.547. The van der Waals surface area contributed by atoms with Crippen LogP contribution in [0.5, 0.6) is 0 Å². The van der Waals surface area contributed by atoms with Crippen LogP contribution in [0.2, 0.25) is 0 Å². The van der Waals surface area contributed by atoms with Gasteiger partial charge in [0, 0.05) is 51.9 Å². The molecular formula is C20H41N5. The summed E-state index contributed by atoms with van der Waals surface area (Å²) in [4.78, 5) is 9.96. The number of hydrogen-bond donors (Lipinski definition) is 2. The third kappa shape index (κ3) is 6.45. The predicted molar refractivity (Wildman–Crippen MR) is 108 cm³/mol. The van der Waals surface area contributed by atoms with Crippen molar-refractivity contribution < 1.29 is 0 Å². The highest BCUT2D eigenvalue weighted by molar-refractivity contribution is 5.79. The Labute approximate surface area is 155 Å². The molecule has 146 valence electrons. The first kappa shape index (κ1) is 20.5. The van der Waals surface area contributed by atoms with Crippen molar-refractivity contribution in [1.29, 1.82) is 0 Å². The molecule has 5 nitrogen and oxygen atoms in total. The van der Waals surface area contributed by atoms with Gasteiger partial charge in [-0.3, -0.25) is 9.89 Å². The third-order valence-corrected chi connectivity index (χ3v) is 5.90. The highest BCUT2D eigenvalue weighted by Gasteiger charge is 2.37. The zero-order valence-corrected chi connectivity index (χ0v) is 17.3. The van der Waals surface area contributed by atoms with Crippen molar-refractivity contribution in [3.05, 3.63) is 0 Å². The molecule has 1 aliphatic heterocycles. The van der Waals surface area contributed by atoms with Crippen molar-refractivity contribution in [2.75, 3.05) is 52.9 Å². The number of likely N-dealkylation sites (N-methyl/N-ethyl adjacent to an activating group) is 1. The highest BCUT2D eigenvalue weighted by atomic mass is 15.3. The maximum absolute atomic E-state index is 4.96. The first-order valence-corrected chi connectivity index (χ1v) is 10.4. The van der Waals surface area contributed by atoms with Gasteiger partial charge in [-0.05, 0) is 51.5 Å². The zero-order chi connectivity index (χ0) is 18.3. The van der Waals surface area contributed by atoms with Crippen molar-refractivity contribution in [3.63, 3.8) is 0 Å². The Balaban J connectivity index is 1.82. The topological polar surface area (TPSA) is 42.9 Å². The zero-order valence-electron chi connectivity index (χ0n) is 17.3. The standard InChI is InChI=1S/C20H41N5/c1-6-21-19(23-16-20(8-7-9-20)14-17(2)3)22-15-18(4)25-12-10-24(5)11-13-25/h17-18H,6-16H2,1-5H3,(H2,21,22,23). The summed E-state index contributed by atoms with van der Waals surface area (Å²) in [6.07, 6.45) is 5.40. The summed E-state index contributed by atoms with van der Waals surface area (Å²) < 4.78 is 0. The predicted octanol–water partition coefficient (Wildman–Crippen LogP) is 2.39. The first-order chi connectivity index (χ1) is 11.9. The van der Waals surface area contributed by atoms with Crippen LogP contribution in [0.1, 0.15) is 53.4 Å². The first-order valence-electron chi connectivity index (χ1n) is 10.4. The van der Waals surface area contributed by atoms with E-state index in [-0.39, 0.29) is 0 Å². The lowest BCUT2D eigenvalue weighted by molar-refractivity contribution is 0.111. The second-order valence-corrected chi connectivity index (χ2v) is 8.72. The summed E-state index contributed by atoms with van der Waals surface area (Å²) in [5, 5.41) is 7.02. The van der Waals surface area contributed by atoms with E-state index in [1.807, 2.05) is 0 Å². The number of aliphatic imine (C=N–C) groups is 1. The summed E-state index contributed by atoms with van der Waals surface area (Å²) >= 11 is 0. The Hall–Kier alpha value is -0.810. The van der Waals surface area contributed by atoms with Crippen LogP contribution in [0.4, 0.5) is 0 Å². The number of nitrogens with zero attached hydrogens (tertiary/aromatic N) is 3. The Bertz CT molecular complexity index is 408. The molecule has 0 bridgehead atoms. The smallest absolute Gasteiger partial charge is 0.191 e. The monoisotopic (exact) mass is 351 g/mol. The van der Waals surface area contributed by atoms with Crippen molar-refractivity contribution in [2.24, 2.45) is 16.3 Å². The Kier molecular flexibility index (Phi) is 8.01. The molecule has 25 heavy (non-hydrogen) atoms. The molecule has 1 aliphatic carbocycles. The normalized spacial score (nSPS) is 23.4. The van der Waals surface area contributed by atoms with E-state index < -0.39 is 0 Å². The molecule has 0 radical (unpaired) electrons. The molecule has 2 rings (SSSR count). The van der Waals surface area contributed by atoms with Gasteiger partial charge in [0.1, 0.15) is 0 Å². The van der Waals surface area contributed by atoms with Crippen molar-refractivity contribution >= 4 is 5.96 Å². The molecular weight excluding hydrogens is 310 g/mol. The summed E-state index contributed by atoms with van der Waals surface area (Å²) in [6.45, 7) is 16.7. The molecule has 0 amide bonds. The van der Waals surface area contributed by atoms with Crippen LogP contribution in [0.3, 0.4) is 0 Å². The Morgan fingerprint density at radius 1 is 1.08 bits per heavy atom. The Morgan fingerprint density at radius 2 is 1.76 bits per heavy atom. The van der Waals surface area contributed by atoms with E-state index in [9.17, 15) is 0 Å². The maximum atomic E-state index is 4.96. The molecule has 1 saturated carbocycles. The average molecular weight is 352 g/mol. The highest BCUT2D eigenvalue weighted by Crippen LogP contribution is 2.46. The molecule has 2 aliphatic rings. The number of guanidine groups is 1. The van der Waals surface area contributed by atoms with Crippen LogP contribution in [-0.2, 0) is 0 Å². The SMILES string of the molecule is CCNC(=NCC1(CC(C)C)CCC1)NCC(C)N1CCN(C)CC1. The van der Waals surface area contributed by atoms with E-state index in [0.29, 0.717) is 11.5 Å². The van der Waals surface area contributed by atoms with Crippen LogP contribution < -0.4 is 10.6 Å². The molecule has 5 heteroatoms.